The maximum absolute atomic E-state index is 11.5. The topological polar surface area (TPSA) is 40.5 Å². The number of anilines is 1. The predicted octanol–water partition coefficient (Wildman–Crippen LogP) is 2.48. The Balaban J connectivity index is 3.18. The van der Waals surface area contributed by atoms with Gasteiger partial charge in [-0.2, -0.15) is 0 Å². The first kappa shape index (κ1) is 12.9. The average Bonchev–Trinajstić information content (AvgIpc) is 2.26. The summed E-state index contributed by atoms with van der Waals surface area (Å²) in [5.41, 5.74) is 1.51. The molecule has 0 saturated heterocycles. The Kier molecular flexibility index (Phi) is 4.71. The van der Waals surface area contributed by atoms with E-state index in [0.717, 1.165) is 15.7 Å². The highest BCUT2D eigenvalue weighted by molar-refractivity contribution is 9.10. The smallest absolute Gasteiger partial charge is 0.224 e. The molecule has 86 valence electrons. The molecule has 1 aromatic carbocycles. The van der Waals surface area contributed by atoms with Crippen LogP contribution < -0.4 is 4.90 Å². The number of carbonyl (C=O) groups is 1. The molecule has 0 saturated carbocycles. The summed E-state index contributed by atoms with van der Waals surface area (Å²) in [5, 5.41) is 9.14. The van der Waals surface area contributed by atoms with Crippen LogP contribution in [-0.4, -0.2) is 17.6 Å². The molecule has 1 aromatic rings. The van der Waals surface area contributed by atoms with Gasteiger partial charge in [0.25, 0.3) is 0 Å². The molecule has 0 aromatic heterocycles. The number of amides is 1. The molecule has 0 heterocycles. The molecular formula is C12H14BrNO2. The molecule has 0 spiro atoms. The van der Waals surface area contributed by atoms with Crippen molar-refractivity contribution in [2.24, 2.45) is 0 Å². The van der Waals surface area contributed by atoms with Crippen molar-refractivity contribution >= 4 is 27.5 Å². The second-order valence-electron chi connectivity index (χ2n) is 3.33. The van der Waals surface area contributed by atoms with Gasteiger partial charge in [-0.1, -0.05) is 18.2 Å². The lowest BCUT2D eigenvalue weighted by molar-refractivity contribution is -0.116. The second kappa shape index (κ2) is 5.82. The summed E-state index contributed by atoms with van der Waals surface area (Å²) in [6, 6.07) is 5.44. The van der Waals surface area contributed by atoms with Crippen LogP contribution in [0.4, 0.5) is 5.69 Å². The van der Waals surface area contributed by atoms with Crippen molar-refractivity contribution in [3.05, 3.63) is 40.9 Å². The Labute approximate surface area is 104 Å². The standard InChI is InChI=1S/C12H14BrNO2/c1-3-7-14(9(2)16)11-6-4-5-10(8-15)12(11)13/h3-6,15H,1,7-8H2,2H3. The fourth-order valence-corrected chi connectivity index (χ4v) is 2.03. The van der Waals surface area contributed by atoms with Crippen LogP contribution in [0.15, 0.2) is 35.3 Å². The SMILES string of the molecule is C=CCN(C(C)=O)c1cccc(CO)c1Br. The van der Waals surface area contributed by atoms with Crippen LogP contribution in [0.2, 0.25) is 0 Å². The number of halogens is 1. The fourth-order valence-electron chi connectivity index (χ4n) is 1.42. The molecule has 0 aliphatic carbocycles. The van der Waals surface area contributed by atoms with E-state index in [1.54, 1.807) is 17.0 Å². The van der Waals surface area contributed by atoms with Crippen molar-refractivity contribution < 1.29 is 9.90 Å². The van der Waals surface area contributed by atoms with Crippen LogP contribution in [-0.2, 0) is 11.4 Å². The van der Waals surface area contributed by atoms with E-state index in [-0.39, 0.29) is 12.5 Å². The molecule has 0 radical (unpaired) electrons. The van der Waals surface area contributed by atoms with Crippen molar-refractivity contribution in [1.82, 2.24) is 0 Å². The number of benzene rings is 1. The molecular weight excluding hydrogens is 270 g/mol. The molecule has 3 nitrogen and oxygen atoms in total. The largest absolute Gasteiger partial charge is 0.392 e. The molecule has 4 heteroatoms. The van der Waals surface area contributed by atoms with Crippen LogP contribution in [0.25, 0.3) is 0 Å². The minimum atomic E-state index is -0.0613. The Hall–Kier alpha value is -1.13. The highest BCUT2D eigenvalue weighted by Gasteiger charge is 2.14. The summed E-state index contributed by atoms with van der Waals surface area (Å²) < 4.78 is 0.745. The van der Waals surface area contributed by atoms with Gasteiger partial charge in [-0.05, 0) is 27.6 Å². The zero-order valence-corrected chi connectivity index (χ0v) is 10.7. The monoisotopic (exact) mass is 283 g/mol. The Bertz CT molecular complexity index is 404. The van der Waals surface area contributed by atoms with Gasteiger partial charge in [-0.3, -0.25) is 4.79 Å². The zero-order valence-electron chi connectivity index (χ0n) is 9.11. The summed E-state index contributed by atoms with van der Waals surface area (Å²) in [6.45, 7) is 5.51. The third-order valence-corrected chi connectivity index (χ3v) is 3.13. The number of carbonyl (C=O) groups excluding carboxylic acids is 1. The summed E-state index contributed by atoms with van der Waals surface area (Å²) in [5.74, 6) is -0.0595. The first-order valence-corrected chi connectivity index (χ1v) is 5.68. The van der Waals surface area contributed by atoms with E-state index in [2.05, 4.69) is 22.5 Å². The molecule has 0 atom stereocenters. The van der Waals surface area contributed by atoms with Crippen molar-refractivity contribution in [2.45, 2.75) is 13.5 Å². The van der Waals surface area contributed by atoms with Crippen LogP contribution in [0, 0.1) is 0 Å². The highest BCUT2D eigenvalue weighted by atomic mass is 79.9. The van der Waals surface area contributed by atoms with E-state index in [4.69, 9.17) is 5.11 Å². The predicted molar refractivity (Wildman–Crippen MR) is 68.3 cm³/mol. The molecule has 1 amide bonds. The van der Waals surface area contributed by atoms with Crippen molar-refractivity contribution in [3.8, 4) is 0 Å². The van der Waals surface area contributed by atoms with Crippen LogP contribution in [0.3, 0.4) is 0 Å². The number of aliphatic hydroxyl groups excluding tert-OH is 1. The van der Waals surface area contributed by atoms with Gasteiger partial charge in [-0.25, -0.2) is 0 Å². The van der Waals surface area contributed by atoms with Gasteiger partial charge < -0.3 is 10.0 Å². The lowest BCUT2D eigenvalue weighted by Gasteiger charge is -2.21. The summed E-state index contributed by atoms with van der Waals surface area (Å²) in [6.07, 6.45) is 1.67. The maximum Gasteiger partial charge on any atom is 0.224 e. The number of hydrogen-bond acceptors (Lipinski definition) is 2. The van der Waals surface area contributed by atoms with E-state index in [1.165, 1.54) is 6.92 Å². The molecule has 0 fully saturated rings. The van der Waals surface area contributed by atoms with Gasteiger partial charge in [0.2, 0.25) is 5.91 Å². The first-order chi connectivity index (χ1) is 7.61. The summed E-state index contributed by atoms with van der Waals surface area (Å²) in [4.78, 5) is 13.1. The third kappa shape index (κ3) is 2.71. The van der Waals surface area contributed by atoms with E-state index in [9.17, 15) is 4.79 Å². The van der Waals surface area contributed by atoms with Crippen molar-refractivity contribution in [1.29, 1.82) is 0 Å². The van der Waals surface area contributed by atoms with Gasteiger partial charge in [0.05, 0.1) is 12.3 Å². The van der Waals surface area contributed by atoms with Crippen molar-refractivity contribution in [3.63, 3.8) is 0 Å². The molecule has 0 bridgehead atoms. The first-order valence-electron chi connectivity index (χ1n) is 4.89. The minimum Gasteiger partial charge on any atom is -0.392 e. The second-order valence-corrected chi connectivity index (χ2v) is 4.12. The quantitative estimate of drug-likeness (QED) is 0.863. The van der Waals surface area contributed by atoms with Crippen LogP contribution in [0.5, 0.6) is 0 Å². The van der Waals surface area contributed by atoms with E-state index in [1.807, 2.05) is 12.1 Å². The lowest BCUT2D eigenvalue weighted by Crippen LogP contribution is -2.28. The van der Waals surface area contributed by atoms with E-state index < -0.39 is 0 Å². The van der Waals surface area contributed by atoms with Gasteiger partial charge in [0.15, 0.2) is 0 Å². The molecule has 1 rings (SSSR count). The summed E-state index contributed by atoms with van der Waals surface area (Å²) >= 11 is 3.39. The molecule has 16 heavy (non-hydrogen) atoms. The number of hydrogen-bond donors (Lipinski definition) is 1. The molecule has 0 aliphatic heterocycles. The fraction of sp³-hybridized carbons (Fsp3) is 0.250. The Morgan fingerprint density at radius 2 is 2.31 bits per heavy atom. The van der Waals surface area contributed by atoms with Gasteiger partial charge in [0.1, 0.15) is 0 Å². The number of nitrogens with zero attached hydrogens (tertiary/aromatic N) is 1. The molecule has 1 N–H and O–H groups in total. The summed E-state index contributed by atoms with van der Waals surface area (Å²) in [7, 11) is 0. The van der Waals surface area contributed by atoms with Gasteiger partial charge in [-0.15, -0.1) is 6.58 Å². The van der Waals surface area contributed by atoms with Crippen molar-refractivity contribution in [2.75, 3.05) is 11.4 Å². The minimum absolute atomic E-state index is 0.0595. The average molecular weight is 284 g/mol. The Morgan fingerprint density at radius 1 is 1.62 bits per heavy atom. The number of rotatable bonds is 4. The highest BCUT2D eigenvalue weighted by Crippen LogP contribution is 2.29. The van der Waals surface area contributed by atoms with Crippen LogP contribution >= 0.6 is 15.9 Å². The van der Waals surface area contributed by atoms with E-state index in [0.29, 0.717) is 6.54 Å². The molecule has 0 unspecified atom stereocenters. The third-order valence-electron chi connectivity index (χ3n) is 2.21. The number of aliphatic hydroxyl groups is 1. The van der Waals surface area contributed by atoms with Crippen LogP contribution in [0.1, 0.15) is 12.5 Å². The van der Waals surface area contributed by atoms with E-state index >= 15 is 0 Å². The molecule has 0 aliphatic rings. The van der Waals surface area contributed by atoms with Gasteiger partial charge in [0, 0.05) is 17.9 Å². The normalized spacial score (nSPS) is 9.94. The lowest BCUT2D eigenvalue weighted by atomic mass is 10.2. The zero-order chi connectivity index (χ0) is 12.1. The Morgan fingerprint density at radius 3 is 2.81 bits per heavy atom. The van der Waals surface area contributed by atoms with Gasteiger partial charge >= 0.3 is 0 Å². The maximum atomic E-state index is 11.5.